The highest BCUT2D eigenvalue weighted by molar-refractivity contribution is 7.92. The Hall–Kier alpha value is -1.60. The van der Waals surface area contributed by atoms with Crippen molar-refractivity contribution in [2.24, 2.45) is 11.1 Å². The van der Waals surface area contributed by atoms with Crippen molar-refractivity contribution in [1.29, 1.82) is 0 Å². The van der Waals surface area contributed by atoms with E-state index >= 15 is 0 Å². The Morgan fingerprint density at radius 2 is 1.87 bits per heavy atom. The van der Waals surface area contributed by atoms with E-state index in [0.717, 1.165) is 5.56 Å². The van der Waals surface area contributed by atoms with Gasteiger partial charge in [-0.3, -0.25) is 4.79 Å². The minimum Gasteiger partial charge on any atom is -0.497 e. The molecule has 0 aliphatic heterocycles. The van der Waals surface area contributed by atoms with E-state index in [1.165, 1.54) is 0 Å². The molecule has 1 aromatic rings. The first-order valence-corrected chi connectivity index (χ1v) is 9.33. The fourth-order valence-electron chi connectivity index (χ4n) is 3.23. The van der Waals surface area contributed by atoms with E-state index < -0.39 is 32.4 Å². The number of benzene rings is 1. The molecule has 0 saturated heterocycles. The van der Waals surface area contributed by atoms with Crippen LogP contribution in [0.15, 0.2) is 24.3 Å². The van der Waals surface area contributed by atoms with Gasteiger partial charge in [0.15, 0.2) is 9.84 Å². The third kappa shape index (κ3) is 2.83. The van der Waals surface area contributed by atoms with Gasteiger partial charge in [-0.2, -0.15) is 0 Å². The van der Waals surface area contributed by atoms with Crippen LogP contribution < -0.4 is 10.5 Å². The van der Waals surface area contributed by atoms with Crippen molar-refractivity contribution in [2.45, 2.75) is 25.0 Å². The molecule has 0 bridgehead atoms. The minimum atomic E-state index is -3.43. The van der Waals surface area contributed by atoms with Gasteiger partial charge in [-0.25, -0.2) is 8.42 Å². The molecule has 0 unspecified atom stereocenters. The van der Waals surface area contributed by atoms with Gasteiger partial charge >= 0.3 is 5.97 Å². The summed E-state index contributed by atoms with van der Waals surface area (Å²) >= 11 is 0. The van der Waals surface area contributed by atoms with Gasteiger partial charge in [-0.1, -0.05) is 19.1 Å². The van der Waals surface area contributed by atoms with Gasteiger partial charge < -0.3 is 15.2 Å². The number of esters is 1. The van der Waals surface area contributed by atoms with E-state index in [4.69, 9.17) is 15.2 Å². The summed E-state index contributed by atoms with van der Waals surface area (Å²) < 4.78 is 35.2. The molecule has 0 aromatic heterocycles. The van der Waals surface area contributed by atoms with Gasteiger partial charge in [0.2, 0.25) is 0 Å². The van der Waals surface area contributed by atoms with Crippen molar-refractivity contribution >= 4 is 15.8 Å². The maximum Gasteiger partial charge on any atom is 0.315 e. The second-order valence-corrected chi connectivity index (χ2v) is 8.00. The van der Waals surface area contributed by atoms with Crippen LogP contribution in [0.4, 0.5) is 0 Å². The smallest absolute Gasteiger partial charge is 0.315 e. The lowest BCUT2D eigenvalue weighted by Gasteiger charge is -2.14. The van der Waals surface area contributed by atoms with Crippen LogP contribution in [-0.2, 0) is 19.4 Å². The number of methoxy groups -OCH3 is 1. The predicted molar refractivity (Wildman–Crippen MR) is 87.1 cm³/mol. The van der Waals surface area contributed by atoms with Gasteiger partial charge in [0.05, 0.1) is 19.0 Å². The number of rotatable bonds is 7. The van der Waals surface area contributed by atoms with Gasteiger partial charge in [0.25, 0.3) is 0 Å². The van der Waals surface area contributed by atoms with E-state index in [0.29, 0.717) is 5.75 Å². The van der Waals surface area contributed by atoms with Gasteiger partial charge in [-0.05, 0) is 24.6 Å². The molecule has 1 fully saturated rings. The van der Waals surface area contributed by atoms with Crippen molar-refractivity contribution in [3.8, 4) is 5.75 Å². The summed E-state index contributed by atoms with van der Waals surface area (Å²) in [5.74, 6) is -0.391. The average Bonchev–Trinajstić information content (AvgIpc) is 3.26. The van der Waals surface area contributed by atoms with E-state index in [9.17, 15) is 13.2 Å². The van der Waals surface area contributed by atoms with Gasteiger partial charge in [0.1, 0.15) is 11.2 Å². The Bertz CT molecular complexity index is 670. The summed E-state index contributed by atoms with van der Waals surface area (Å²) in [4.78, 5) is 12.4. The molecule has 2 N–H and O–H groups in total. The van der Waals surface area contributed by atoms with Crippen molar-refractivity contribution < 1.29 is 22.7 Å². The highest BCUT2D eigenvalue weighted by Gasteiger charge is 2.75. The van der Waals surface area contributed by atoms with Crippen LogP contribution in [0, 0.1) is 5.41 Å². The number of carbonyl (C=O) groups excluding carboxylic acids is 1. The first-order chi connectivity index (χ1) is 10.9. The minimum absolute atomic E-state index is 0.0362. The third-order valence-corrected chi connectivity index (χ3v) is 6.79. The van der Waals surface area contributed by atoms with Crippen LogP contribution in [0.3, 0.4) is 0 Å². The van der Waals surface area contributed by atoms with Crippen molar-refractivity contribution in [3.63, 3.8) is 0 Å². The molecule has 1 aromatic carbocycles. The number of hydrogen-bond acceptors (Lipinski definition) is 6. The summed E-state index contributed by atoms with van der Waals surface area (Å²) in [6, 6.07) is 7.04. The molecule has 3 atom stereocenters. The zero-order valence-corrected chi connectivity index (χ0v) is 14.4. The number of hydrogen-bond donors (Lipinski definition) is 1. The van der Waals surface area contributed by atoms with Crippen LogP contribution >= 0.6 is 0 Å². The fourth-order valence-corrected chi connectivity index (χ4v) is 5.31. The van der Waals surface area contributed by atoms with Crippen molar-refractivity contribution in [3.05, 3.63) is 29.8 Å². The van der Waals surface area contributed by atoms with Crippen LogP contribution in [0.2, 0.25) is 0 Å². The Morgan fingerprint density at radius 3 is 2.30 bits per heavy atom. The van der Waals surface area contributed by atoms with E-state index in [-0.39, 0.29) is 18.9 Å². The van der Waals surface area contributed by atoms with E-state index in [1.807, 2.05) is 0 Å². The molecule has 0 radical (unpaired) electrons. The first-order valence-electron chi connectivity index (χ1n) is 7.61. The third-order valence-electron chi connectivity index (χ3n) is 4.51. The maximum absolute atomic E-state index is 12.5. The Balaban J connectivity index is 2.47. The maximum atomic E-state index is 12.5. The summed E-state index contributed by atoms with van der Waals surface area (Å²) in [7, 11) is -1.88. The van der Waals surface area contributed by atoms with Crippen LogP contribution in [0.5, 0.6) is 5.75 Å². The highest BCUT2D eigenvalue weighted by Crippen LogP contribution is 2.63. The second kappa shape index (κ2) is 6.49. The predicted octanol–water partition coefficient (Wildman–Crippen LogP) is 1.10. The number of sulfone groups is 1. The Labute approximate surface area is 136 Å². The molecule has 23 heavy (non-hydrogen) atoms. The summed E-state index contributed by atoms with van der Waals surface area (Å²) in [6.07, 6.45) is 0. The standard InChI is InChI=1S/C16H23NO5S/c1-4-22-15(18)16(10-17)13(14(16)23(19,20)5-2)11-6-8-12(21-3)9-7-11/h6-9,13-14H,4-5,10,17H2,1-3H3/t13-,14+,16+/m1/s1. The first kappa shape index (κ1) is 17.7. The molecule has 7 heteroatoms. The lowest BCUT2D eigenvalue weighted by molar-refractivity contribution is -0.149. The Kier molecular flexibility index (Phi) is 5.01. The molecule has 6 nitrogen and oxygen atoms in total. The lowest BCUT2D eigenvalue weighted by Crippen LogP contribution is -2.34. The zero-order valence-electron chi connectivity index (χ0n) is 13.6. The fraction of sp³-hybridized carbons (Fsp3) is 0.562. The molecule has 0 spiro atoms. The Morgan fingerprint density at radius 1 is 1.26 bits per heavy atom. The SMILES string of the molecule is CCOC(=O)[C@@]1(CN)[C@H](c2ccc(OC)cc2)[C@@H]1S(=O)(=O)CC. The highest BCUT2D eigenvalue weighted by atomic mass is 32.2. The molecule has 1 aliphatic carbocycles. The monoisotopic (exact) mass is 341 g/mol. The van der Waals surface area contributed by atoms with Crippen LogP contribution in [0.1, 0.15) is 25.3 Å². The average molecular weight is 341 g/mol. The molecule has 0 amide bonds. The van der Waals surface area contributed by atoms with E-state index in [2.05, 4.69) is 0 Å². The molecule has 128 valence electrons. The second-order valence-electron chi connectivity index (χ2n) is 5.59. The molecular formula is C16H23NO5S. The van der Waals surface area contributed by atoms with Crippen LogP contribution in [-0.4, -0.2) is 45.7 Å². The number of carbonyl (C=O) groups is 1. The molecular weight excluding hydrogens is 318 g/mol. The topological polar surface area (TPSA) is 95.7 Å². The molecule has 2 rings (SSSR count). The number of ether oxygens (including phenoxy) is 2. The van der Waals surface area contributed by atoms with E-state index in [1.54, 1.807) is 45.2 Å². The zero-order chi connectivity index (χ0) is 17.3. The molecule has 0 heterocycles. The summed E-state index contributed by atoms with van der Waals surface area (Å²) in [6.45, 7) is 3.39. The van der Waals surface area contributed by atoms with Crippen molar-refractivity contribution in [1.82, 2.24) is 0 Å². The largest absolute Gasteiger partial charge is 0.497 e. The quantitative estimate of drug-likeness (QED) is 0.746. The summed E-state index contributed by atoms with van der Waals surface area (Å²) in [5, 5.41) is -0.836. The number of nitrogens with two attached hydrogens (primary N) is 1. The van der Waals surface area contributed by atoms with Crippen molar-refractivity contribution in [2.75, 3.05) is 26.0 Å². The van der Waals surface area contributed by atoms with Gasteiger partial charge in [-0.15, -0.1) is 0 Å². The van der Waals surface area contributed by atoms with Gasteiger partial charge in [0, 0.05) is 18.2 Å². The van der Waals surface area contributed by atoms with Crippen LogP contribution in [0.25, 0.3) is 0 Å². The summed E-state index contributed by atoms with van der Waals surface area (Å²) in [5.41, 5.74) is 5.40. The normalized spacial score (nSPS) is 26.6. The molecule has 1 aliphatic rings. The molecule has 1 saturated carbocycles. The lowest BCUT2D eigenvalue weighted by atomic mass is 9.99.